The largest absolute Gasteiger partial charge is 0.627 e. The fourth-order valence-corrected chi connectivity index (χ4v) is 1.69. The van der Waals surface area contributed by atoms with Crippen LogP contribution >= 0.6 is 0 Å². The third-order valence-electron chi connectivity index (χ3n) is 2.81. The summed E-state index contributed by atoms with van der Waals surface area (Å²) in [7, 11) is 0. The molecule has 0 bridgehead atoms. The van der Waals surface area contributed by atoms with E-state index in [0.29, 0.717) is 0 Å². The number of hydrogen-bond donors (Lipinski definition) is 0. The standard InChI is InChI=1S/C11H8N.C6H6F3N3O.Ir/c1-2-6-10(7-3-1)11-8-4-5-9-12-11;7-6(8,9)5(13)10-4-12-3-1-2-11-12;/h1-6,8-9H;1-3H,4H2,(H,10,13);/q-1;;/p-1. The molecular formula is C17H13F3IrN4O-2. The molecule has 0 saturated carbocycles. The third kappa shape index (κ3) is 7.16. The van der Waals surface area contributed by atoms with Crippen LogP contribution in [0.2, 0.25) is 0 Å². The van der Waals surface area contributed by atoms with Gasteiger partial charge in [0.2, 0.25) is 0 Å². The maximum Gasteiger partial charge on any atom is 0.432 e. The van der Waals surface area contributed by atoms with Gasteiger partial charge in [-0.2, -0.15) is 18.3 Å². The predicted molar refractivity (Wildman–Crippen MR) is 85.2 cm³/mol. The molecule has 3 rings (SSSR count). The third-order valence-corrected chi connectivity index (χ3v) is 2.81. The Hall–Kier alpha value is -2.51. The van der Waals surface area contributed by atoms with Crippen LogP contribution < -0.4 is 0 Å². The topological polar surface area (TPSA) is 61.9 Å². The van der Waals surface area contributed by atoms with Crippen molar-refractivity contribution in [2.75, 3.05) is 0 Å². The summed E-state index contributed by atoms with van der Waals surface area (Å²) in [5, 5.41) is 6.35. The molecule has 1 aromatic carbocycles. The molecule has 1 amide bonds. The van der Waals surface area contributed by atoms with Crippen molar-refractivity contribution in [2.45, 2.75) is 12.8 Å². The first-order valence-corrected chi connectivity index (χ1v) is 7.11. The minimum atomic E-state index is -4.90. The van der Waals surface area contributed by atoms with Gasteiger partial charge in [0.05, 0.1) is 0 Å². The van der Waals surface area contributed by atoms with Gasteiger partial charge >= 0.3 is 6.18 Å². The second-order valence-corrected chi connectivity index (χ2v) is 4.64. The van der Waals surface area contributed by atoms with Crippen LogP contribution in [0.3, 0.4) is 0 Å². The number of rotatable bonds is 3. The SMILES string of the molecule is O=C([N-]Cn1cccn1)C(F)(F)F.[Ir].[c-]1ccccc1-c1ccccn1. The zero-order valence-corrected chi connectivity index (χ0v) is 15.6. The molecule has 139 valence electrons. The Morgan fingerprint density at radius 1 is 1.12 bits per heavy atom. The molecule has 0 fully saturated rings. The van der Waals surface area contributed by atoms with Crippen molar-refractivity contribution in [3.63, 3.8) is 0 Å². The van der Waals surface area contributed by atoms with Gasteiger partial charge in [0.25, 0.3) is 0 Å². The van der Waals surface area contributed by atoms with Crippen LogP contribution in [0.4, 0.5) is 13.2 Å². The Morgan fingerprint density at radius 3 is 2.42 bits per heavy atom. The van der Waals surface area contributed by atoms with E-state index in [-0.39, 0.29) is 20.1 Å². The smallest absolute Gasteiger partial charge is 0.432 e. The van der Waals surface area contributed by atoms with Crippen LogP contribution in [-0.4, -0.2) is 26.8 Å². The Bertz CT molecular complexity index is 728. The summed E-state index contributed by atoms with van der Waals surface area (Å²) in [5.74, 6) is -2.09. The van der Waals surface area contributed by atoms with Crippen molar-refractivity contribution in [1.29, 1.82) is 0 Å². The minimum absolute atomic E-state index is 0. The van der Waals surface area contributed by atoms with Crippen molar-refractivity contribution in [3.8, 4) is 11.3 Å². The second kappa shape index (κ2) is 10.5. The van der Waals surface area contributed by atoms with Gasteiger partial charge in [0.15, 0.2) is 5.91 Å². The summed E-state index contributed by atoms with van der Waals surface area (Å²) >= 11 is 0. The Kier molecular flexibility index (Phi) is 8.67. The fraction of sp³-hybridized carbons (Fsp3) is 0.118. The normalized spacial score (nSPS) is 10.1. The van der Waals surface area contributed by atoms with Crippen molar-refractivity contribution < 1.29 is 38.1 Å². The van der Waals surface area contributed by atoms with Gasteiger partial charge in [-0.25, -0.2) is 0 Å². The molecule has 5 nitrogen and oxygen atoms in total. The second-order valence-electron chi connectivity index (χ2n) is 4.64. The first-order valence-electron chi connectivity index (χ1n) is 7.11. The Morgan fingerprint density at radius 2 is 1.88 bits per heavy atom. The number of nitrogens with zero attached hydrogens (tertiary/aromatic N) is 4. The van der Waals surface area contributed by atoms with E-state index in [2.05, 4.69) is 21.5 Å². The van der Waals surface area contributed by atoms with Gasteiger partial charge in [-0.1, -0.05) is 12.1 Å². The van der Waals surface area contributed by atoms with E-state index < -0.39 is 18.8 Å². The van der Waals surface area contributed by atoms with E-state index in [4.69, 9.17) is 0 Å². The van der Waals surface area contributed by atoms with Gasteiger partial charge in [0.1, 0.15) is 0 Å². The molecule has 0 unspecified atom stereocenters. The van der Waals surface area contributed by atoms with Gasteiger partial charge in [-0.3, -0.25) is 4.68 Å². The number of hydrogen-bond acceptors (Lipinski definition) is 3. The molecule has 2 aromatic heterocycles. The molecule has 0 saturated heterocycles. The Labute approximate surface area is 161 Å². The molecule has 0 atom stereocenters. The molecule has 0 aliphatic rings. The number of aromatic nitrogens is 3. The van der Waals surface area contributed by atoms with Crippen molar-refractivity contribution in [2.24, 2.45) is 0 Å². The van der Waals surface area contributed by atoms with Crippen molar-refractivity contribution in [1.82, 2.24) is 14.8 Å². The molecule has 26 heavy (non-hydrogen) atoms. The van der Waals surface area contributed by atoms with Crippen LogP contribution in [0.5, 0.6) is 0 Å². The molecule has 9 heteroatoms. The zero-order valence-electron chi connectivity index (χ0n) is 13.2. The number of carbonyl (C=O) groups is 1. The number of amides is 1. The van der Waals surface area contributed by atoms with Crippen LogP contribution in [0.1, 0.15) is 0 Å². The van der Waals surface area contributed by atoms with E-state index in [1.165, 1.54) is 18.5 Å². The molecule has 1 radical (unpaired) electrons. The summed E-state index contributed by atoms with van der Waals surface area (Å²) in [6.45, 7) is -0.411. The summed E-state index contributed by atoms with van der Waals surface area (Å²) in [5.41, 5.74) is 2.01. The number of benzene rings is 1. The van der Waals surface area contributed by atoms with E-state index in [1.54, 1.807) is 6.20 Å². The van der Waals surface area contributed by atoms with E-state index >= 15 is 0 Å². The predicted octanol–water partition coefficient (Wildman–Crippen LogP) is 3.85. The van der Waals surface area contributed by atoms with Crippen molar-refractivity contribution in [3.05, 3.63) is 78.5 Å². The van der Waals surface area contributed by atoms with E-state index in [1.807, 2.05) is 42.5 Å². The van der Waals surface area contributed by atoms with E-state index in [9.17, 15) is 18.0 Å². The van der Waals surface area contributed by atoms with Crippen LogP contribution in [0.25, 0.3) is 16.6 Å². The monoisotopic (exact) mass is 539 g/mol. The number of alkyl halides is 3. The number of carbonyl (C=O) groups excluding carboxylic acids is 1. The molecule has 2 heterocycles. The van der Waals surface area contributed by atoms with Gasteiger partial charge < -0.3 is 15.1 Å². The average molecular weight is 539 g/mol. The molecule has 3 aromatic rings. The fourth-order valence-electron chi connectivity index (χ4n) is 1.69. The van der Waals surface area contributed by atoms with Gasteiger partial charge in [-0.15, -0.1) is 35.9 Å². The first kappa shape index (κ1) is 21.5. The number of pyridine rings is 1. The molecule has 0 aliphatic carbocycles. The quantitative estimate of drug-likeness (QED) is 0.476. The zero-order chi connectivity index (χ0) is 18.1. The first-order chi connectivity index (χ1) is 12.0. The number of halogens is 3. The van der Waals surface area contributed by atoms with Crippen LogP contribution in [0.15, 0.2) is 67.1 Å². The van der Waals surface area contributed by atoms with E-state index in [0.717, 1.165) is 15.9 Å². The van der Waals surface area contributed by atoms with Crippen molar-refractivity contribution >= 4 is 5.91 Å². The summed E-state index contributed by atoms with van der Waals surface area (Å²) < 4.78 is 35.9. The average Bonchev–Trinajstić information content (AvgIpc) is 3.14. The minimum Gasteiger partial charge on any atom is -0.627 e. The van der Waals surface area contributed by atoms with Crippen LogP contribution in [-0.2, 0) is 31.6 Å². The molecule has 0 N–H and O–H groups in total. The summed E-state index contributed by atoms with van der Waals surface area (Å²) in [6, 6.07) is 18.3. The van der Waals surface area contributed by atoms with Gasteiger partial charge in [-0.05, 0) is 24.5 Å². The summed E-state index contributed by atoms with van der Waals surface area (Å²) in [6.07, 6.45) is -0.315. The molecule has 0 spiro atoms. The Balaban J connectivity index is 0.000000251. The molecular weight excluding hydrogens is 525 g/mol. The summed E-state index contributed by atoms with van der Waals surface area (Å²) in [4.78, 5) is 14.4. The van der Waals surface area contributed by atoms with Crippen LogP contribution in [0, 0.1) is 6.07 Å². The maximum atomic E-state index is 11.6. The maximum absolute atomic E-state index is 11.6. The molecule has 0 aliphatic heterocycles. The van der Waals surface area contributed by atoms with Gasteiger partial charge in [0, 0.05) is 38.7 Å².